The van der Waals surface area contributed by atoms with Crippen molar-refractivity contribution in [3.63, 3.8) is 0 Å². The molecule has 1 amide bonds. The Hall–Kier alpha value is -2.14. The third-order valence-electron chi connectivity index (χ3n) is 5.38. The van der Waals surface area contributed by atoms with Crippen molar-refractivity contribution in [3.05, 3.63) is 29.8 Å². The molecule has 0 atom stereocenters. The molecule has 0 aliphatic heterocycles. The van der Waals surface area contributed by atoms with Crippen LogP contribution in [0.4, 0.5) is 13.2 Å². The molecule has 0 bridgehead atoms. The lowest BCUT2D eigenvalue weighted by atomic mass is 9.87. The van der Waals surface area contributed by atoms with Gasteiger partial charge in [-0.3, -0.25) is 9.59 Å². The molecule has 1 aromatic rings. The molecular formula is C20H27F3N2O5S. The van der Waals surface area contributed by atoms with Crippen LogP contribution < -0.4 is 4.72 Å². The van der Waals surface area contributed by atoms with Crippen LogP contribution >= 0.6 is 0 Å². The molecule has 11 heteroatoms. The summed E-state index contributed by atoms with van der Waals surface area (Å²) in [6, 6.07) is 3.40. The van der Waals surface area contributed by atoms with E-state index in [1.807, 2.05) is 0 Å². The largest absolute Gasteiger partial charge is 0.456 e. The van der Waals surface area contributed by atoms with E-state index >= 15 is 0 Å². The smallest absolute Gasteiger partial charge is 0.416 e. The van der Waals surface area contributed by atoms with Gasteiger partial charge in [-0.05, 0) is 49.8 Å². The van der Waals surface area contributed by atoms with Crippen molar-refractivity contribution in [1.82, 2.24) is 9.62 Å². The summed E-state index contributed by atoms with van der Waals surface area (Å²) in [6.07, 6.45) is -1.17. The zero-order valence-electron chi connectivity index (χ0n) is 17.4. The quantitative estimate of drug-likeness (QED) is 0.597. The molecule has 174 valence electrons. The lowest BCUT2D eigenvalue weighted by Gasteiger charge is -2.33. The maximum atomic E-state index is 12.7. The number of hydrogen-bond donors (Lipinski definition) is 1. The van der Waals surface area contributed by atoms with Crippen molar-refractivity contribution < 1.29 is 35.9 Å². The van der Waals surface area contributed by atoms with Gasteiger partial charge in [0.2, 0.25) is 10.0 Å². The van der Waals surface area contributed by atoms with E-state index in [9.17, 15) is 31.2 Å². The van der Waals surface area contributed by atoms with E-state index in [0.29, 0.717) is 12.0 Å². The first-order valence-electron chi connectivity index (χ1n) is 9.98. The fourth-order valence-electron chi connectivity index (χ4n) is 3.36. The second kappa shape index (κ2) is 10.4. The molecule has 31 heavy (non-hydrogen) atoms. The summed E-state index contributed by atoms with van der Waals surface area (Å²) in [5.74, 6) is -0.486. The van der Waals surface area contributed by atoms with Gasteiger partial charge >= 0.3 is 12.1 Å². The van der Waals surface area contributed by atoms with Crippen molar-refractivity contribution in [2.24, 2.45) is 5.92 Å². The first-order chi connectivity index (χ1) is 14.4. The lowest BCUT2D eigenvalue weighted by molar-refractivity contribution is -0.152. The number of hydrogen-bond acceptors (Lipinski definition) is 5. The summed E-state index contributed by atoms with van der Waals surface area (Å²) in [6.45, 7) is 1.35. The van der Waals surface area contributed by atoms with Crippen LogP contribution in [0.5, 0.6) is 0 Å². The van der Waals surface area contributed by atoms with E-state index in [1.165, 1.54) is 0 Å². The molecule has 1 N–H and O–H groups in total. The maximum Gasteiger partial charge on any atom is 0.416 e. The van der Waals surface area contributed by atoms with Crippen molar-refractivity contribution in [2.45, 2.75) is 56.1 Å². The highest BCUT2D eigenvalue weighted by Gasteiger charge is 2.31. The molecule has 1 fully saturated rings. The summed E-state index contributed by atoms with van der Waals surface area (Å²) >= 11 is 0. The first kappa shape index (κ1) is 25.1. The Balaban J connectivity index is 1.78. The molecule has 1 aromatic carbocycles. The molecule has 0 radical (unpaired) electrons. The Morgan fingerprint density at radius 2 is 1.84 bits per heavy atom. The van der Waals surface area contributed by atoms with Gasteiger partial charge in [0.1, 0.15) is 0 Å². The summed E-state index contributed by atoms with van der Waals surface area (Å²) in [5.41, 5.74) is -1.09. The van der Waals surface area contributed by atoms with Crippen LogP contribution in [-0.2, 0) is 30.5 Å². The maximum absolute atomic E-state index is 12.7. The van der Waals surface area contributed by atoms with Gasteiger partial charge in [-0.2, -0.15) is 13.2 Å². The minimum atomic E-state index is -4.68. The second-order valence-corrected chi connectivity index (χ2v) is 9.52. The summed E-state index contributed by atoms with van der Waals surface area (Å²) < 4.78 is 69.5. The number of halogens is 3. The van der Waals surface area contributed by atoms with Crippen LogP contribution in [0.25, 0.3) is 0 Å². The van der Waals surface area contributed by atoms with Crippen molar-refractivity contribution >= 4 is 21.9 Å². The summed E-state index contributed by atoms with van der Waals surface area (Å²) in [5, 5.41) is 0. The van der Waals surface area contributed by atoms with E-state index < -0.39 is 39.2 Å². The van der Waals surface area contributed by atoms with Crippen LogP contribution in [0.1, 0.15) is 44.6 Å². The number of carbonyl (C=O) groups excluding carboxylic acids is 2. The van der Waals surface area contributed by atoms with Crippen LogP contribution in [0.15, 0.2) is 29.2 Å². The van der Waals surface area contributed by atoms with Crippen LogP contribution in [0.3, 0.4) is 0 Å². The van der Waals surface area contributed by atoms with Crippen LogP contribution in [0.2, 0.25) is 0 Å². The van der Waals surface area contributed by atoms with Crippen molar-refractivity contribution in [1.29, 1.82) is 0 Å². The number of sulfonamides is 1. The number of rotatable bonds is 8. The number of carbonyl (C=O) groups is 2. The molecule has 0 saturated heterocycles. The zero-order chi connectivity index (χ0) is 23.2. The monoisotopic (exact) mass is 464 g/mol. The number of alkyl halides is 3. The molecule has 1 aliphatic rings. The third kappa shape index (κ3) is 7.49. The van der Waals surface area contributed by atoms with Crippen LogP contribution in [0, 0.1) is 5.92 Å². The fourth-order valence-corrected chi connectivity index (χ4v) is 4.44. The van der Waals surface area contributed by atoms with E-state index in [-0.39, 0.29) is 24.9 Å². The molecule has 0 heterocycles. The second-order valence-electron chi connectivity index (χ2n) is 7.75. The van der Waals surface area contributed by atoms with Gasteiger partial charge in [-0.15, -0.1) is 0 Å². The molecule has 1 aliphatic carbocycles. The predicted molar refractivity (Wildman–Crippen MR) is 106 cm³/mol. The first-order valence-corrected chi connectivity index (χ1v) is 11.5. The Morgan fingerprint density at radius 3 is 2.45 bits per heavy atom. The van der Waals surface area contributed by atoms with Gasteiger partial charge in [0.15, 0.2) is 6.61 Å². The molecule has 7 nitrogen and oxygen atoms in total. The number of benzene rings is 1. The Labute approximate surface area is 180 Å². The third-order valence-corrected chi connectivity index (χ3v) is 6.83. The van der Waals surface area contributed by atoms with Gasteiger partial charge in [0.25, 0.3) is 5.91 Å². The van der Waals surface area contributed by atoms with E-state index in [0.717, 1.165) is 43.9 Å². The standard InChI is InChI=1S/C20H27F3N2O5S/c1-14-6-8-16(9-7-14)25(2)18(26)13-30-19(27)10-11-24-31(28,29)17-5-3-4-15(12-17)20(21,22)23/h3-5,12,14,16,24H,6-11,13H2,1-2H3. The van der Waals surface area contributed by atoms with Crippen molar-refractivity contribution in [3.8, 4) is 0 Å². The Morgan fingerprint density at radius 1 is 1.19 bits per heavy atom. The van der Waals surface area contributed by atoms with Gasteiger partial charge in [-0.25, -0.2) is 13.1 Å². The van der Waals surface area contributed by atoms with E-state index in [2.05, 4.69) is 11.6 Å². The lowest BCUT2D eigenvalue weighted by Crippen LogP contribution is -2.41. The number of likely N-dealkylation sites (N-methyl/N-ethyl adjacent to an activating group) is 1. The van der Waals surface area contributed by atoms with Gasteiger partial charge in [0, 0.05) is 19.6 Å². The van der Waals surface area contributed by atoms with Gasteiger partial charge in [-0.1, -0.05) is 13.0 Å². The number of nitrogens with zero attached hydrogens (tertiary/aromatic N) is 1. The number of nitrogens with one attached hydrogen (secondary N) is 1. The number of amides is 1. The van der Waals surface area contributed by atoms with Crippen LogP contribution in [-0.4, -0.2) is 51.4 Å². The molecule has 2 rings (SSSR count). The molecule has 1 saturated carbocycles. The minimum absolute atomic E-state index is 0.113. The summed E-state index contributed by atoms with van der Waals surface area (Å²) in [7, 11) is -2.57. The molecule has 0 aromatic heterocycles. The van der Waals surface area contributed by atoms with Gasteiger partial charge < -0.3 is 9.64 Å². The van der Waals surface area contributed by atoms with Crippen molar-refractivity contribution in [2.75, 3.05) is 20.2 Å². The fraction of sp³-hybridized carbons (Fsp3) is 0.600. The zero-order valence-corrected chi connectivity index (χ0v) is 18.3. The average molecular weight is 465 g/mol. The van der Waals surface area contributed by atoms with Gasteiger partial charge in [0.05, 0.1) is 16.9 Å². The highest BCUT2D eigenvalue weighted by Crippen LogP contribution is 2.30. The highest BCUT2D eigenvalue weighted by atomic mass is 32.2. The molecular weight excluding hydrogens is 437 g/mol. The minimum Gasteiger partial charge on any atom is -0.456 e. The Kier molecular flexibility index (Phi) is 8.47. The molecule has 0 spiro atoms. The van der Waals surface area contributed by atoms with E-state index in [1.54, 1.807) is 11.9 Å². The average Bonchev–Trinajstić information content (AvgIpc) is 2.71. The normalized spacial score (nSPS) is 19.6. The number of esters is 1. The highest BCUT2D eigenvalue weighted by molar-refractivity contribution is 7.89. The SMILES string of the molecule is CC1CCC(N(C)C(=O)COC(=O)CCNS(=O)(=O)c2cccc(C(F)(F)F)c2)CC1. The Bertz CT molecular complexity index is 881. The summed E-state index contributed by atoms with van der Waals surface area (Å²) in [4.78, 5) is 25.0. The molecule has 0 unspecified atom stereocenters. The predicted octanol–water partition coefficient (Wildman–Crippen LogP) is 2.95. The number of ether oxygens (including phenoxy) is 1. The topological polar surface area (TPSA) is 92.8 Å². The van der Waals surface area contributed by atoms with E-state index in [4.69, 9.17) is 4.74 Å².